The number of methoxy groups -OCH3 is 1. The number of carbonyl (C=O) groups excluding carboxylic acids is 1. The maximum Gasteiger partial charge on any atom is 0.305 e. The van der Waals surface area contributed by atoms with Gasteiger partial charge in [0.05, 0.1) is 7.11 Å². The summed E-state index contributed by atoms with van der Waals surface area (Å²) in [5.41, 5.74) is 0. The van der Waals surface area contributed by atoms with Gasteiger partial charge < -0.3 is 4.74 Å². The van der Waals surface area contributed by atoms with E-state index in [-0.39, 0.29) is 5.97 Å². The first-order chi connectivity index (χ1) is 5.22. The molecular formula is C8H13BrO2. The van der Waals surface area contributed by atoms with Crippen molar-refractivity contribution in [1.82, 2.24) is 0 Å². The van der Waals surface area contributed by atoms with Gasteiger partial charge in [-0.1, -0.05) is 15.9 Å². The number of carbonyl (C=O) groups is 1. The van der Waals surface area contributed by atoms with E-state index in [1.807, 2.05) is 0 Å². The number of ether oxygens (including phenoxy) is 1. The molecule has 0 N–H and O–H groups in total. The Labute approximate surface area is 75.4 Å². The third-order valence-electron chi connectivity index (χ3n) is 2.16. The second kappa shape index (κ2) is 4.10. The van der Waals surface area contributed by atoms with Crippen molar-refractivity contribution in [2.75, 3.05) is 7.11 Å². The van der Waals surface area contributed by atoms with Gasteiger partial charge in [-0.05, 0) is 25.2 Å². The second-order valence-corrected chi connectivity index (χ2v) is 4.34. The van der Waals surface area contributed by atoms with Gasteiger partial charge in [-0.15, -0.1) is 0 Å². The van der Waals surface area contributed by atoms with Crippen LogP contribution in [0.25, 0.3) is 0 Å². The monoisotopic (exact) mass is 220 g/mol. The SMILES string of the molecule is COC(=O)CCC1CC(Br)C1. The van der Waals surface area contributed by atoms with Gasteiger partial charge in [0, 0.05) is 11.2 Å². The van der Waals surface area contributed by atoms with Crippen LogP contribution in [-0.2, 0) is 9.53 Å². The molecule has 0 atom stereocenters. The lowest BCUT2D eigenvalue weighted by Crippen LogP contribution is -2.24. The van der Waals surface area contributed by atoms with Crippen LogP contribution in [0.4, 0.5) is 0 Å². The van der Waals surface area contributed by atoms with Crippen molar-refractivity contribution in [1.29, 1.82) is 0 Å². The molecule has 0 aromatic carbocycles. The Balaban J connectivity index is 2.00. The fourth-order valence-corrected chi connectivity index (χ4v) is 2.37. The van der Waals surface area contributed by atoms with Gasteiger partial charge in [-0.3, -0.25) is 4.79 Å². The van der Waals surface area contributed by atoms with E-state index in [0.29, 0.717) is 11.2 Å². The van der Waals surface area contributed by atoms with Gasteiger partial charge in [0.25, 0.3) is 0 Å². The summed E-state index contributed by atoms with van der Waals surface area (Å²) in [5, 5.41) is 0. The molecule has 3 heteroatoms. The lowest BCUT2D eigenvalue weighted by atomic mass is 9.82. The first-order valence-corrected chi connectivity index (χ1v) is 4.85. The highest BCUT2D eigenvalue weighted by Crippen LogP contribution is 2.36. The number of rotatable bonds is 3. The van der Waals surface area contributed by atoms with E-state index in [0.717, 1.165) is 12.3 Å². The van der Waals surface area contributed by atoms with Crippen molar-refractivity contribution in [3.8, 4) is 0 Å². The minimum Gasteiger partial charge on any atom is -0.469 e. The van der Waals surface area contributed by atoms with Crippen LogP contribution in [0.2, 0.25) is 0 Å². The minimum absolute atomic E-state index is 0.0805. The van der Waals surface area contributed by atoms with Gasteiger partial charge in [-0.25, -0.2) is 0 Å². The van der Waals surface area contributed by atoms with E-state index >= 15 is 0 Å². The third kappa shape index (κ3) is 2.81. The van der Waals surface area contributed by atoms with Crippen LogP contribution in [0, 0.1) is 5.92 Å². The van der Waals surface area contributed by atoms with Crippen molar-refractivity contribution >= 4 is 21.9 Å². The Morgan fingerprint density at radius 1 is 1.64 bits per heavy atom. The summed E-state index contributed by atoms with van der Waals surface area (Å²) in [4.78, 5) is 11.4. The smallest absolute Gasteiger partial charge is 0.305 e. The highest BCUT2D eigenvalue weighted by molar-refractivity contribution is 9.09. The summed E-state index contributed by atoms with van der Waals surface area (Å²) in [7, 11) is 1.44. The van der Waals surface area contributed by atoms with E-state index in [4.69, 9.17) is 0 Å². The van der Waals surface area contributed by atoms with Crippen molar-refractivity contribution in [3.63, 3.8) is 0 Å². The number of halogens is 1. The predicted octanol–water partition coefficient (Wildman–Crippen LogP) is 2.11. The Kier molecular flexibility index (Phi) is 3.37. The highest BCUT2D eigenvalue weighted by atomic mass is 79.9. The van der Waals surface area contributed by atoms with Crippen LogP contribution in [0.15, 0.2) is 0 Å². The van der Waals surface area contributed by atoms with Crippen LogP contribution in [0.5, 0.6) is 0 Å². The highest BCUT2D eigenvalue weighted by Gasteiger charge is 2.26. The first-order valence-electron chi connectivity index (χ1n) is 3.93. The van der Waals surface area contributed by atoms with Crippen LogP contribution in [-0.4, -0.2) is 17.9 Å². The number of esters is 1. The molecule has 1 fully saturated rings. The third-order valence-corrected chi connectivity index (χ3v) is 2.91. The van der Waals surface area contributed by atoms with Gasteiger partial charge >= 0.3 is 5.97 Å². The number of hydrogen-bond acceptors (Lipinski definition) is 2. The summed E-state index contributed by atoms with van der Waals surface area (Å²) < 4.78 is 4.55. The maximum atomic E-state index is 10.7. The summed E-state index contributed by atoms with van der Waals surface area (Å²) >= 11 is 3.51. The molecule has 64 valence electrons. The van der Waals surface area contributed by atoms with Crippen molar-refractivity contribution < 1.29 is 9.53 Å². The van der Waals surface area contributed by atoms with Crippen molar-refractivity contribution in [2.24, 2.45) is 5.92 Å². The van der Waals surface area contributed by atoms with Gasteiger partial charge in [0.1, 0.15) is 0 Å². The molecule has 0 radical (unpaired) electrons. The topological polar surface area (TPSA) is 26.3 Å². The van der Waals surface area contributed by atoms with E-state index in [9.17, 15) is 4.79 Å². The molecular weight excluding hydrogens is 208 g/mol. The zero-order chi connectivity index (χ0) is 8.27. The molecule has 0 amide bonds. The Morgan fingerprint density at radius 3 is 2.73 bits per heavy atom. The average Bonchev–Trinajstić information content (AvgIpc) is 1.95. The zero-order valence-corrected chi connectivity index (χ0v) is 8.26. The van der Waals surface area contributed by atoms with E-state index in [1.54, 1.807) is 0 Å². The molecule has 0 aliphatic heterocycles. The first kappa shape index (κ1) is 9.04. The van der Waals surface area contributed by atoms with Gasteiger partial charge in [0.2, 0.25) is 0 Å². The second-order valence-electron chi connectivity index (χ2n) is 3.05. The van der Waals surface area contributed by atoms with E-state index < -0.39 is 0 Å². The van der Waals surface area contributed by atoms with Crippen LogP contribution in [0.3, 0.4) is 0 Å². The molecule has 1 rings (SSSR count). The molecule has 0 spiro atoms. The largest absolute Gasteiger partial charge is 0.469 e. The molecule has 1 aliphatic carbocycles. The van der Waals surface area contributed by atoms with Crippen molar-refractivity contribution in [2.45, 2.75) is 30.5 Å². The Hall–Kier alpha value is -0.0500. The van der Waals surface area contributed by atoms with Crippen molar-refractivity contribution in [3.05, 3.63) is 0 Å². The molecule has 1 saturated carbocycles. The van der Waals surface area contributed by atoms with Gasteiger partial charge in [0.15, 0.2) is 0 Å². The standard InChI is InChI=1S/C8H13BrO2/c1-11-8(10)3-2-6-4-7(9)5-6/h6-7H,2-5H2,1H3. The molecule has 0 saturated heterocycles. The Morgan fingerprint density at radius 2 is 2.27 bits per heavy atom. The fraction of sp³-hybridized carbons (Fsp3) is 0.875. The molecule has 1 aliphatic rings. The molecule has 0 unspecified atom stereocenters. The molecule has 11 heavy (non-hydrogen) atoms. The summed E-state index contributed by atoms with van der Waals surface area (Å²) in [6, 6.07) is 0. The van der Waals surface area contributed by atoms with E-state index in [1.165, 1.54) is 20.0 Å². The molecule has 0 bridgehead atoms. The molecule has 0 aromatic rings. The molecule has 2 nitrogen and oxygen atoms in total. The number of hydrogen-bond donors (Lipinski definition) is 0. The molecule has 0 heterocycles. The quantitative estimate of drug-likeness (QED) is 0.539. The lowest BCUT2D eigenvalue weighted by molar-refractivity contribution is -0.141. The fourth-order valence-electron chi connectivity index (χ4n) is 1.31. The summed E-state index contributed by atoms with van der Waals surface area (Å²) in [6.07, 6.45) is 4.02. The average molecular weight is 221 g/mol. The Bertz CT molecular complexity index is 141. The molecule has 0 aromatic heterocycles. The predicted molar refractivity (Wildman–Crippen MR) is 46.7 cm³/mol. The lowest BCUT2D eigenvalue weighted by Gasteiger charge is -2.30. The summed E-state index contributed by atoms with van der Waals surface area (Å²) in [5.74, 6) is 0.668. The number of alkyl halides is 1. The maximum absolute atomic E-state index is 10.7. The normalized spacial score (nSPS) is 29.3. The zero-order valence-electron chi connectivity index (χ0n) is 6.68. The van der Waals surface area contributed by atoms with Crippen LogP contribution >= 0.6 is 15.9 Å². The minimum atomic E-state index is -0.0805. The van der Waals surface area contributed by atoms with E-state index in [2.05, 4.69) is 20.7 Å². The van der Waals surface area contributed by atoms with Crippen LogP contribution < -0.4 is 0 Å². The van der Waals surface area contributed by atoms with Gasteiger partial charge in [-0.2, -0.15) is 0 Å². The van der Waals surface area contributed by atoms with Crippen LogP contribution in [0.1, 0.15) is 25.7 Å². The summed E-state index contributed by atoms with van der Waals surface area (Å²) in [6.45, 7) is 0.